The Kier molecular flexibility index (Phi) is 10.7. The van der Waals surface area contributed by atoms with E-state index in [1.54, 1.807) is 0 Å². The van der Waals surface area contributed by atoms with Crippen LogP contribution in [0.15, 0.2) is 97.2 Å². The molecule has 4 atom stereocenters. The SMILES string of the molecule is O=C(Nc1ccc(C2CC2)cc1)[C@H]1CCCCN1Cc1cccc(OCC2CC2c2ccc(NC(=O)[C@H]3CCCCN3Cc3cnc4ccccc4n3)cc2)n1. The van der Waals surface area contributed by atoms with Crippen molar-refractivity contribution in [2.24, 2.45) is 5.92 Å². The highest BCUT2D eigenvalue weighted by atomic mass is 16.5. The second-order valence-corrected chi connectivity index (χ2v) is 16.2. The number of rotatable bonds is 13. The van der Waals surface area contributed by atoms with E-state index in [1.165, 1.54) is 24.0 Å². The molecule has 2 aromatic heterocycles. The molecule has 2 N–H and O–H groups in total. The molecular formula is C46H51N7O3. The van der Waals surface area contributed by atoms with Crippen LogP contribution in [0.2, 0.25) is 0 Å². The Morgan fingerprint density at radius 3 is 1.93 bits per heavy atom. The van der Waals surface area contributed by atoms with Crippen LogP contribution in [0, 0.1) is 5.92 Å². The normalized spacial score (nSPS) is 22.7. The zero-order valence-corrected chi connectivity index (χ0v) is 32.0. The molecule has 9 rings (SSSR count). The maximum Gasteiger partial charge on any atom is 0.241 e. The molecule has 2 unspecified atom stereocenters. The second-order valence-electron chi connectivity index (χ2n) is 16.2. The number of nitrogens with zero attached hydrogens (tertiary/aromatic N) is 5. The number of aromatic nitrogens is 3. The molecule has 0 radical (unpaired) electrons. The minimum absolute atomic E-state index is 0.0342. The molecule has 0 bridgehead atoms. The van der Waals surface area contributed by atoms with Crippen molar-refractivity contribution in [1.82, 2.24) is 24.8 Å². The van der Waals surface area contributed by atoms with Crippen molar-refractivity contribution in [2.45, 2.75) is 94.8 Å². The standard InChI is InChI=1S/C46H51N7O3/c54-45(50-35-20-16-32(17-21-35)31-14-15-31)42-11-3-5-24-52(42)28-37-8-7-13-44(49-37)56-30-34-26-39(34)33-18-22-36(23-19-33)51-46(55)43-12-4-6-25-53(43)29-38-27-47-40-9-1-2-10-41(40)48-38/h1-2,7-10,13,16-23,27,31,34,39,42-43H,3-6,11-12,14-15,24-26,28-30H2,(H,50,54)(H,51,55)/t34?,39?,42-,43-/m1/s1. The smallest absolute Gasteiger partial charge is 0.241 e. The number of hydrogen-bond donors (Lipinski definition) is 2. The van der Waals surface area contributed by atoms with Crippen LogP contribution < -0.4 is 15.4 Å². The Hall–Kier alpha value is -5.19. The maximum absolute atomic E-state index is 13.5. The largest absolute Gasteiger partial charge is 0.477 e. The second kappa shape index (κ2) is 16.5. The van der Waals surface area contributed by atoms with E-state index < -0.39 is 0 Å². The van der Waals surface area contributed by atoms with Gasteiger partial charge in [-0.3, -0.25) is 24.4 Å². The van der Waals surface area contributed by atoms with E-state index in [0.717, 1.165) is 91.8 Å². The summed E-state index contributed by atoms with van der Waals surface area (Å²) in [4.78, 5) is 45.7. The number of pyridine rings is 1. The van der Waals surface area contributed by atoms with Crippen molar-refractivity contribution in [2.75, 3.05) is 30.3 Å². The summed E-state index contributed by atoms with van der Waals surface area (Å²) in [6, 6.07) is 30.2. The molecule has 2 amide bonds. The van der Waals surface area contributed by atoms with E-state index in [2.05, 4.69) is 49.7 Å². The topological polar surface area (TPSA) is 113 Å². The number of carbonyl (C=O) groups is 2. The zero-order chi connectivity index (χ0) is 37.8. The monoisotopic (exact) mass is 749 g/mol. The van der Waals surface area contributed by atoms with Crippen LogP contribution in [-0.4, -0.2) is 68.3 Å². The Bertz CT molecular complexity index is 2160. The average Bonchev–Trinajstić information content (AvgIpc) is 4.18. The number of nitrogens with one attached hydrogen (secondary N) is 2. The van der Waals surface area contributed by atoms with E-state index in [1.807, 2.05) is 72.9 Å². The van der Waals surface area contributed by atoms with Crippen LogP contribution in [0.25, 0.3) is 11.0 Å². The van der Waals surface area contributed by atoms with Crippen molar-refractivity contribution >= 4 is 34.2 Å². The highest BCUT2D eigenvalue weighted by molar-refractivity contribution is 5.95. The molecular weight excluding hydrogens is 699 g/mol. The number of benzene rings is 3. The Morgan fingerprint density at radius 1 is 0.643 bits per heavy atom. The quantitative estimate of drug-likeness (QED) is 0.124. The summed E-state index contributed by atoms with van der Waals surface area (Å²) < 4.78 is 6.23. The van der Waals surface area contributed by atoms with Gasteiger partial charge >= 0.3 is 0 Å². The lowest BCUT2D eigenvalue weighted by Gasteiger charge is -2.34. The first-order valence-corrected chi connectivity index (χ1v) is 20.6. The molecule has 10 nitrogen and oxygen atoms in total. The first-order chi connectivity index (χ1) is 27.5. The predicted octanol–water partition coefficient (Wildman–Crippen LogP) is 8.07. The summed E-state index contributed by atoms with van der Waals surface area (Å²) in [7, 11) is 0. The van der Waals surface area contributed by atoms with E-state index in [-0.39, 0.29) is 23.9 Å². The highest BCUT2D eigenvalue weighted by Gasteiger charge is 2.39. The van der Waals surface area contributed by atoms with E-state index >= 15 is 0 Å². The molecule has 4 aliphatic rings. The molecule has 10 heteroatoms. The van der Waals surface area contributed by atoms with Gasteiger partial charge in [0.25, 0.3) is 0 Å². The number of piperidine rings is 2. The summed E-state index contributed by atoms with van der Waals surface area (Å²) >= 11 is 0. The third kappa shape index (κ3) is 8.77. The summed E-state index contributed by atoms with van der Waals surface area (Å²) in [5.41, 5.74) is 7.88. The van der Waals surface area contributed by atoms with Crippen LogP contribution >= 0.6 is 0 Å². The van der Waals surface area contributed by atoms with Crippen LogP contribution in [-0.2, 0) is 22.7 Å². The molecule has 2 aliphatic heterocycles. The first kappa shape index (κ1) is 36.4. The lowest BCUT2D eigenvalue weighted by atomic mass is 10.0. The number of hydrogen-bond acceptors (Lipinski definition) is 8. The van der Waals surface area contributed by atoms with Crippen molar-refractivity contribution in [3.05, 3.63) is 120 Å². The van der Waals surface area contributed by atoms with Gasteiger partial charge in [0.15, 0.2) is 0 Å². The number of fused-ring (bicyclic) bond motifs is 1. The maximum atomic E-state index is 13.5. The van der Waals surface area contributed by atoms with Gasteiger partial charge in [0.2, 0.25) is 17.7 Å². The lowest BCUT2D eigenvalue weighted by molar-refractivity contribution is -0.123. The summed E-state index contributed by atoms with van der Waals surface area (Å²) in [6.45, 7) is 3.56. The molecule has 3 aromatic carbocycles. The highest BCUT2D eigenvalue weighted by Crippen LogP contribution is 2.47. The molecule has 2 saturated carbocycles. The van der Waals surface area contributed by atoms with Crippen molar-refractivity contribution < 1.29 is 14.3 Å². The molecule has 288 valence electrons. The Balaban J connectivity index is 0.748. The third-order valence-corrected chi connectivity index (χ3v) is 12.0. The van der Waals surface area contributed by atoms with Crippen LogP contribution in [0.3, 0.4) is 0 Å². The fourth-order valence-electron chi connectivity index (χ4n) is 8.62. The Labute approximate surface area is 329 Å². The fraction of sp³-hybridized carbons (Fsp3) is 0.413. The van der Waals surface area contributed by atoms with E-state index in [4.69, 9.17) is 14.7 Å². The van der Waals surface area contributed by atoms with Gasteiger partial charge in [-0.15, -0.1) is 0 Å². The molecule has 2 saturated heterocycles. The van der Waals surface area contributed by atoms with Crippen molar-refractivity contribution in [3.8, 4) is 5.88 Å². The van der Waals surface area contributed by atoms with Gasteiger partial charge in [-0.05, 0) is 123 Å². The lowest BCUT2D eigenvalue weighted by Crippen LogP contribution is -2.46. The number of likely N-dealkylation sites (tertiary alicyclic amines) is 2. The summed E-state index contributed by atoms with van der Waals surface area (Å²) in [6.07, 6.45) is 11.4. The molecule has 5 aromatic rings. The van der Waals surface area contributed by atoms with Crippen LogP contribution in [0.1, 0.15) is 92.1 Å². The predicted molar refractivity (Wildman–Crippen MR) is 218 cm³/mol. The summed E-state index contributed by atoms with van der Waals surface area (Å²) in [5, 5.41) is 6.36. The van der Waals surface area contributed by atoms with Gasteiger partial charge in [-0.25, -0.2) is 9.97 Å². The van der Waals surface area contributed by atoms with Gasteiger partial charge in [0.05, 0.1) is 47.3 Å². The number of ether oxygens (including phenoxy) is 1. The minimum atomic E-state index is -0.200. The summed E-state index contributed by atoms with van der Waals surface area (Å²) in [5.74, 6) is 2.28. The van der Waals surface area contributed by atoms with Gasteiger partial charge in [-0.1, -0.05) is 55.3 Å². The number of carbonyl (C=O) groups excluding carboxylic acids is 2. The molecule has 4 heterocycles. The molecule has 0 spiro atoms. The molecule has 2 aliphatic carbocycles. The van der Waals surface area contributed by atoms with Crippen molar-refractivity contribution in [1.29, 1.82) is 0 Å². The van der Waals surface area contributed by atoms with Gasteiger partial charge < -0.3 is 15.4 Å². The average molecular weight is 750 g/mol. The zero-order valence-electron chi connectivity index (χ0n) is 32.0. The molecule has 4 fully saturated rings. The third-order valence-electron chi connectivity index (χ3n) is 12.0. The van der Waals surface area contributed by atoms with Crippen LogP contribution in [0.5, 0.6) is 5.88 Å². The fourth-order valence-corrected chi connectivity index (χ4v) is 8.62. The number of amides is 2. The first-order valence-electron chi connectivity index (χ1n) is 20.6. The van der Waals surface area contributed by atoms with Crippen LogP contribution in [0.4, 0.5) is 11.4 Å². The van der Waals surface area contributed by atoms with Gasteiger partial charge in [0, 0.05) is 36.4 Å². The number of para-hydroxylation sites is 2. The molecule has 56 heavy (non-hydrogen) atoms. The van der Waals surface area contributed by atoms with E-state index in [9.17, 15) is 9.59 Å². The van der Waals surface area contributed by atoms with Gasteiger partial charge in [-0.2, -0.15) is 0 Å². The van der Waals surface area contributed by atoms with E-state index in [0.29, 0.717) is 43.3 Å². The number of anilines is 2. The van der Waals surface area contributed by atoms with Crippen molar-refractivity contribution in [3.63, 3.8) is 0 Å². The Morgan fingerprint density at radius 2 is 1.27 bits per heavy atom. The van der Waals surface area contributed by atoms with Gasteiger partial charge in [0.1, 0.15) is 0 Å². The minimum Gasteiger partial charge on any atom is -0.477 e.